The quantitative estimate of drug-likeness (QED) is 0.753. The molecule has 0 atom stereocenters. The first-order valence-electron chi connectivity index (χ1n) is 8.66. The van der Waals surface area contributed by atoms with Crippen LogP contribution in [0.5, 0.6) is 5.75 Å². The second-order valence-corrected chi connectivity index (χ2v) is 7.11. The van der Waals surface area contributed by atoms with Gasteiger partial charge in [0, 0.05) is 11.4 Å². The molecule has 0 aliphatic carbocycles. The number of aliphatic carboxylic acids is 1. The molecule has 0 bridgehead atoms. The topological polar surface area (TPSA) is 49.8 Å². The van der Waals surface area contributed by atoms with Crippen LogP contribution in [0.1, 0.15) is 29.7 Å². The van der Waals surface area contributed by atoms with Crippen molar-refractivity contribution in [3.05, 3.63) is 52.2 Å². The van der Waals surface area contributed by atoms with Crippen LogP contribution >= 0.6 is 11.3 Å². The molecule has 0 amide bonds. The lowest BCUT2D eigenvalue weighted by molar-refractivity contribution is -0.130. The van der Waals surface area contributed by atoms with Crippen LogP contribution in [0.25, 0.3) is 11.6 Å². The molecule has 0 unspecified atom stereocenters. The van der Waals surface area contributed by atoms with E-state index < -0.39 is 5.97 Å². The summed E-state index contributed by atoms with van der Waals surface area (Å²) < 4.78 is 5.81. The minimum absolute atomic E-state index is 0.314. The van der Waals surface area contributed by atoms with Crippen molar-refractivity contribution in [2.45, 2.75) is 19.3 Å². The van der Waals surface area contributed by atoms with E-state index in [4.69, 9.17) is 4.74 Å². The first kappa shape index (κ1) is 17.7. The Bertz CT molecular complexity index is 701. The van der Waals surface area contributed by atoms with E-state index >= 15 is 0 Å². The van der Waals surface area contributed by atoms with Crippen molar-refractivity contribution in [2.75, 3.05) is 26.2 Å². The van der Waals surface area contributed by atoms with E-state index in [1.807, 2.05) is 41.8 Å². The van der Waals surface area contributed by atoms with Crippen molar-refractivity contribution in [3.8, 4) is 5.75 Å². The average Bonchev–Trinajstić information content (AvgIpc) is 3.16. The normalized spacial score (nSPS) is 15.9. The van der Waals surface area contributed by atoms with Gasteiger partial charge in [-0.05, 0) is 61.1 Å². The van der Waals surface area contributed by atoms with Crippen molar-refractivity contribution in [3.63, 3.8) is 0 Å². The number of likely N-dealkylation sites (tertiary alicyclic amines) is 1. The number of carboxylic acids is 1. The Labute approximate surface area is 152 Å². The Morgan fingerprint density at radius 1 is 1.16 bits per heavy atom. The standard InChI is InChI=1S/C20H23NO3S/c22-20(23)18(19-5-4-14-25-19)15-16-6-8-17(9-7-16)24-13-12-21-10-2-1-3-11-21/h4-9,14-15H,1-3,10-13H2,(H,22,23)/b18-15-. The molecule has 1 aromatic carbocycles. The summed E-state index contributed by atoms with van der Waals surface area (Å²) in [6.07, 6.45) is 5.62. The number of benzene rings is 1. The smallest absolute Gasteiger partial charge is 0.337 e. The highest BCUT2D eigenvalue weighted by molar-refractivity contribution is 7.11. The summed E-state index contributed by atoms with van der Waals surface area (Å²) >= 11 is 1.43. The largest absolute Gasteiger partial charge is 0.492 e. The average molecular weight is 357 g/mol. The first-order valence-corrected chi connectivity index (χ1v) is 9.54. The van der Waals surface area contributed by atoms with E-state index in [0.29, 0.717) is 12.2 Å². The second-order valence-electron chi connectivity index (χ2n) is 6.16. The van der Waals surface area contributed by atoms with Gasteiger partial charge in [-0.25, -0.2) is 4.79 Å². The maximum absolute atomic E-state index is 11.5. The van der Waals surface area contributed by atoms with Crippen LogP contribution in [0.4, 0.5) is 0 Å². The predicted octanol–water partition coefficient (Wildman–Crippen LogP) is 4.24. The lowest BCUT2D eigenvalue weighted by Gasteiger charge is -2.26. The zero-order chi connectivity index (χ0) is 17.5. The molecule has 0 spiro atoms. The fourth-order valence-corrected chi connectivity index (χ4v) is 3.71. The van der Waals surface area contributed by atoms with Gasteiger partial charge in [0.2, 0.25) is 0 Å². The number of rotatable bonds is 7. The number of hydrogen-bond donors (Lipinski definition) is 1. The molecule has 1 aromatic heterocycles. The minimum atomic E-state index is -0.913. The molecule has 1 aliphatic heterocycles. The van der Waals surface area contributed by atoms with E-state index in [1.165, 1.54) is 43.7 Å². The van der Waals surface area contributed by atoms with Gasteiger partial charge in [0.05, 0.1) is 5.57 Å². The summed E-state index contributed by atoms with van der Waals surface area (Å²) in [5.41, 5.74) is 1.17. The van der Waals surface area contributed by atoms with E-state index in [2.05, 4.69) is 4.90 Å². The molecular weight excluding hydrogens is 334 g/mol. The van der Waals surface area contributed by atoms with Crippen molar-refractivity contribution in [1.29, 1.82) is 0 Å². The third-order valence-electron chi connectivity index (χ3n) is 4.33. The number of piperidine rings is 1. The molecule has 1 aliphatic rings. The number of carboxylic acid groups (broad SMARTS) is 1. The highest BCUT2D eigenvalue weighted by atomic mass is 32.1. The van der Waals surface area contributed by atoms with Gasteiger partial charge in [0.1, 0.15) is 12.4 Å². The Morgan fingerprint density at radius 3 is 2.56 bits per heavy atom. The molecule has 2 aromatic rings. The Morgan fingerprint density at radius 2 is 1.92 bits per heavy atom. The summed E-state index contributed by atoms with van der Waals surface area (Å²) in [6.45, 7) is 4.00. The van der Waals surface area contributed by atoms with Crippen molar-refractivity contribution in [1.82, 2.24) is 4.90 Å². The lowest BCUT2D eigenvalue weighted by Crippen LogP contribution is -2.33. The molecule has 1 saturated heterocycles. The number of ether oxygens (including phenoxy) is 1. The number of carbonyl (C=O) groups is 1. The van der Waals surface area contributed by atoms with Crippen LogP contribution < -0.4 is 4.74 Å². The van der Waals surface area contributed by atoms with E-state index in [9.17, 15) is 9.90 Å². The van der Waals surface area contributed by atoms with Gasteiger partial charge in [0.15, 0.2) is 0 Å². The first-order chi connectivity index (χ1) is 12.2. The Kier molecular flexibility index (Phi) is 6.25. The van der Waals surface area contributed by atoms with Gasteiger partial charge in [0.25, 0.3) is 0 Å². The molecule has 1 N–H and O–H groups in total. The summed E-state index contributed by atoms with van der Waals surface area (Å²) in [7, 11) is 0. The molecule has 2 heterocycles. The summed E-state index contributed by atoms with van der Waals surface area (Å²) in [6, 6.07) is 11.3. The fraction of sp³-hybridized carbons (Fsp3) is 0.350. The molecule has 0 radical (unpaired) electrons. The maximum atomic E-state index is 11.5. The molecule has 1 fully saturated rings. The highest BCUT2D eigenvalue weighted by Crippen LogP contribution is 2.24. The van der Waals surface area contributed by atoms with E-state index in [-0.39, 0.29) is 0 Å². The van der Waals surface area contributed by atoms with Crippen LogP contribution in [-0.4, -0.2) is 42.2 Å². The minimum Gasteiger partial charge on any atom is -0.492 e. The number of hydrogen-bond acceptors (Lipinski definition) is 4. The SMILES string of the molecule is O=C(O)/C(=C\c1ccc(OCCN2CCCCC2)cc1)c1cccs1. The monoisotopic (exact) mass is 357 g/mol. The van der Waals surface area contributed by atoms with Crippen molar-refractivity contribution in [2.24, 2.45) is 0 Å². The van der Waals surface area contributed by atoms with Crippen LogP contribution in [0.2, 0.25) is 0 Å². The molecule has 0 saturated carbocycles. The van der Waals surface area contributed by atoms with E-state index in [0.717, 1.165) is 22.7 Å². The number of thiophene rings is 1. The van der Waals surface area contributed by atoms with Gasteiger partial charge >= 0.3 is 5.97 Å². The van der Waals surface area contributed by atoms with E-state index in [1.54, 1.807) is 6.08 Å². The summed E-state index contributed by atoms with van der Waals surface area (Å²) in [4.78, 5) is 14.7. The highest BCUT2D eigenvalue weighted by Gasteiger charge is 2.12. The zero-order valence-corrected chi connectivity index (χ0v) is 15.0. The van der Waals surface area contributed by atoms with Gasteiger partial charge < -0.3 is 9.84 Å². The molecule has 132 valence electrons. The van der Waals surface area contributed by atoms with Gasteiger partial charge in [-0.15, -0.1) is 11.3 Å². The molecular formula is C20H23NO3S. The summed E-state index contributed by atoms with van der Waals surface area (Å²) in [5.74, 6) is -0.0912. The third kappa shape index (κ3) is 5.18. The predicted molar refractivity (Wildman–Crippen MR) is 102 cm³/mol. The Hall–Kier alpha value is -2.11. The summed E-state index contributed by atoms with van der Waals surface area (Å²) in [5, 5.41) is 11.3. The molecule has 4 nitrogen and oxygen atoms in total. The van der Waals surface area contributed by atoms with Gasteiger partial charge in [-0.2, -0.15) is 0 Å². The molecule has 25 heavy (non-hydrogen) atoms. The van der Waals surface area contributed by atoms with Crippen molar-refractivity contribution >= 4 is 29.0 Å². The third-order valence-corrected chi connectivity index (χ3v) is 5.24. The molecule has 5 heteroatoms. The maximum Gasteiger partial charge on any atom is 0.337 e. The second kappa shape index (κ2) is 8.83. The number of nitrogens with zero attached hydrogens (tertiary/aromatic N) is 1. The van der Waals surface area contributed by atoms with Crippen LogP contribution in [0.3, 0.4) is 0 Å². The zero-order valence-electron chi connectivity index (χ0n) is 14.2. The van der Waals surface area contributed by atoms with Gasteiger partial charge in [-0.1, -0.05) is 24.6 Å². The van der Waals surface area contributed by atoms with Crippen LogP contribution in [0, 0.1) is 0 Å². The fourth-order valence-electron chi connectivity index (χ4n) is 2.97. The Balaban J connectivity index is 1.57. The van der Waals surface area contributed by atoms with Crippen LogP contribution in [0.15, 0.2) is 41.8 Å². The van der Waals surface area contributed by atoms with Crippen molar-refractivity contribution < 1.29 is 14.6 Å². The van der Waals surface area contributed by atoms with Gasteiger partial charge in [-0.3, -0.25) is 4.90 Å². The van der Waals surface area contributed by atoms with Crippen LogP contribution in [-0.2, 0) is 4.79 Å². The lowest BCUT2D eigenvalue weighted by atomic mass is 10.1. The molecule has 3 rings (SSSR count).